The van der Waals surface area contributed by atoms with Gasteiger partial charge in [-0.3, -0.25) is 14.4 Å². The second-order valence-electron chi connectivity index (χ2n) is 21.3. The molecule has 0 aliphatic carbocycles. The number of hydrogen-bond acceptors (Lipinski definition) is 6. The Morgan fingerprint density at radius 2 is 0.520 bits per heavy atom. The monoisotopic (exact) mass is 1040 g/mol. The second-order valence-corrected chi connectivity index (χ2v) is 21.3. The van der Waals surface area contributed by atoms with E-state index < -0.39 is 6.10 Å². The molecule has 0 spiro atoms. The van der Waals surface area contributed by atoms with E-state index in [-0.39, 0.29) is 31.1 Å². The van der Waals surface area contributed by atoms with Gasteiger partial charge in [-0.1, -0.05) is 286 Å². The summed E-state index contributed by atoms with van der Waals surface area (Å²) in [7, 11) is 0. The lowest BCUT2D eigenvalue weighted by atomic mass is 10.0. The van der Waals surface area contributed by atoms with Crippen LogP contribution >= 0.6 is 0 Å². The van der Waals surface area contributed by atoms with Crippen molar-refractivity contribution in [2.45, 2.75) is 322 Å². The fourth-order valence-electron chi connectivity index (χ4n) is 9.09. The molecule has 0 aromatic heterocycles. The lowest BCUT2D eigenvalue weighted by molar-refractivity contribution is -0.167. The summed E-state index contributed by atoms with van der Waals surface area (Å²) >= 11 is 0. The van der Waals surface area contributed by atoms with Crippen LogP contribution in [-0.2, 0) is 28.6 Å². The van der Waals surface area contributed by atoms with Crippen molar-refractivity contribution in [2.24, 2.45) is 0 Å². The van der Waals surface area contributed by atoms with E-state index in [1.807, 2.05) is 0 Å². The van der Waals surface area contributed by atoms with Gasteiger partial charge in [-0.2, -0.15) is 0 Å². The number of ether oxygens (including phenoxy) is 3. The summed E-state index contributed by atoms with van der Waals surface area (Å²) in [5.74, 6) is -0.888. The molecule has 1 atom stereocenters. The lowest BCUT2D eigenvalue weighted by Gasteiger charge is -2.18. The van der Waals surface area contributed by atoms with E-state index in [1.54, 1.807) is 0 Å². The van der Waals surface area contributed by atoms with E-state index in [9.17, 15) is 14.4 Å². The highest BCUT2D eigenvalue weighted by atomic mass is 16.6. The van der Waals surface area contributed by atoms with Gasteiger partial charge in [0.2, 0.25) is 0 Å². The predicted octanol–water partition coefficient (Wildman–Crippen LogP) is 21.9. The Morgan fingerprint density at radius 1 is 0.280 bits per heavy atom. The van der Waals surface area contributed by atoms with Crippen LogP contribution in [0.1, 0.15) is 316 Å². The quantitative estimate of drug-likeness (QED) is 0.0261. The van der Waals surface area contributed by atoms with Crippen molar-refractivity contribution in [3.63, 3.8) is 0 Å². The Morgan fingerprint density at radius 3 is 0.840 bits per heavy atom. The zero-order valence-electron chi connectivity index (χ0n) is 49.6. The Kier molecular flexibility index (Phi) is 60.3. The van der Waals surface area contributed by atoms with Crippen molar-refractivity contribution in [3.05, 3.63) is 85.1 Å². The minimum atomic E-state index is -0.787. The van der Waals surface area contributed by atoms with E-state index >= 15 is 0 Å². The van der Waals surface area contributed by atoms with Gasteiger partial charge in [-0.15, -0.1) is 0 Å². The number of carbonyl (C=O) groups excluding carboxylic acids is 3. The van der Waals surface area contributed by atoms with Crippen molar-refractivity contribution < 1.29 is 28.6 Å². The molecular formula is C69H120O6. The van der Waals surface area contributed by atoms with Gasteiger partial charge in [0.25, 0.3) is 0 Å². The minimum absolute atomic E-state index is 0.0818. The second kappa shape index (κ2) is 63.1. The maximum atomic E-state index is 12.9. The molecule has 6 heteroatoms. The zero-order valence-corrected chi connectivity index (χ0v) is 49.6. The molecule has 0 radical (unpaired) electrons. The van der Waals surface area contributed by atoms with Crippen molar-refractivity contribution in [1.82, 2.24) is 0 Å². The van der Waals surface area contributed by atoms with Gasteiger partial charge in [0, 0.05) is 19.3 Å². The third-order valence-corrected chi connectivity index (χ3v) is 13.9. The molecule has 1 unspecified atom stereocenters. The van der Waals surface area contributed by atoms with Crippen molar-refractivity contribution in [3.8, 4) is 0 Å². The summed E-state index contributed by atoms with van der Waals surface area (Å²) in [5.41, 5.74) is 0. The first-order chi connectivity index (χ1) is 37.0. The van der Waals surface area contributed by atoms with Crippen LogP contribution in [0.5, 0.6) is 0 Å². The van der Waals surface area contributed by atoms with Crippen LogP contribution < -0.4 is 0 Å². The SMILES string of the molecule is CC/C=C\C/C=C\C/C=C\C/C=C\CCCCCCCCCCC(=O)OCC(COC(=O)CCCCCCCCCCCCCCCCCCC)OC(=O)CCCCCCCC/C=C\C/C=C\C/C=C\CCCCC. The Balaban J connectivity index is 4.40. The third kappa shape index (κ3) is 61.3. The van der Waals surface area contributed by atoms with Crippen LogP contribution in [0.4, 0.5) is 0 Å². The minimum Gasteiger partial charge on any atom is -0.462 e. The summed E-state index contributed by atoms with van der Waals surface area (Å²) in [6.07, 6.45) is 82.9. The van der Waals surface area contributed by atoms with Crippen LogP contribution in [0, 0.1) is 0 Å². The molecule has 75 heavy (non-hydrogen) atoms. The van der Waals surface area contributed by atoms with Crippen molar-refractivity contribution in [2.75, 3.05) is 13.2 Å². The molecule has 6 nitrogen and oxygen atoms in total. The van der Waals surface area contributed by atoms with Gasteiger partial charge in [-0.25, -0.2) is 0 Å². The number of carbonyl (C=O) groups is 3. The Hall–Kier alpha value is -3.41. The normalized spacial score (nSPS) is 12.6. The van der Waals surface area contributed by atoms with Crippen molar-refractivity contribution >= 4 is 17.9 Å². The fourth-order valence-corrected chi connectivity index (χ4v) is 9.09. The molecule has 0 amide bonds. The third-order valence-electron chi connectivity index (χ3n) is 13.9. The van der Waals surface area contributed by atoms with Crippen molar-refractivity contribution in [1.29, 1.82) is 0 Å². The molecule has 0 saturated heterocycles. The topological polar surface area (TPSA) is 78.9 Å². The van der Waals surface area contributed by atoms with Crippen LogP contribution in [-0.4, -0.2) is 37.2 Å². The molecule has 0 aliphatic heterocycles. The molecule has 0 fully saturated rings. The first-order valence-corrected chi connectivity index (χ1v) is 32.1. The molecule has 0 heterocycles. The molecule has 0 rings (SSSR count). The number of esters is 3. The van der Waals surface area contributed by atoms with Crippen LogP contribution in [0.3, 0.4) is 0 Å². The van der Waals surface area contributed by atoms with Crippen LogP contribution in [0.15, 0.2) is 85.1 Å². The highest BCUT2D eigenvalue weighted by Crippen LogP contribution is 2.17. The van der Waals surface area contributed by atoms with Crippen LogP contribution in [0.2, 0.25) is 0 Å². The first-order valence-electron chi connectivity index (χ1n) is 32.1. The van der Waals surface area contributed by atoms with Gasteiger partial charge in [0.1, 0.15) is 13.2 Å². The van der Waals surface area contributed by atoms with E-state index in [4.69, 9.17) is 14.2 Å². The standard InChI is InChI=1S/C69H120O6/c1-4-7-10-13-16-19-22-25-28-31-33-34-36-38-41-44-47-50-53-56-59-62-68(71)74-65-66(64-73-67(70)61-58-55-52-49-46-43-40-37-30-27-24-21-18-15-12-9-6-3)75-69(72)63-60-57-54-51-48-45-42-39-35-32-29-26-23-20-17-14-11-8-5-2/h7,10,16-17,19-20,25-26,28-29,33-35,39,66H,4-6,8-9,11-15,18,21-24,27,30-32,36-38,40-65H2,1-3H3/b10-7-,19-16-,20-17-,28-25-,29-26-,34-33-,39-35-. The molecule has 0 aromatic carbocycles. The van der Waals surface area contributed by atoms with E-state index in [1.165, 1.54) is 161 Å². The lowest BCUT2D eigenvalue weighted by Crippen LogP contribution is -2.30. The summed E-state index contributed by atoms with van der Waals surface area (Å²) < 4.78 is 16.9. The zero-order chi connectivity index (χ0) is 54.3. The molecule has 432 valence electrons. The fraction of sp³-hybridized carbons (Fsp3) is 0.754. The maximum Gasteiger partial charge on any atom is 0.306 e. The molecule has 0 bridgehead atoms. The summed E-state index contributed by atoms with van der Waals surface area (Å²) in [6.45, 7) is 6.52. The van der Waals surface area contributed by atoms with Gasteiger partial charge in [0.05, 0.1) is 0 Å². The summed E-state index contributed by atoms with van der Waals surface area (Å²) in [6, 6.07) is 0. The molecule has 0 N–H and O–H groups in total. The first kappa shape index (κ1) is 71.6. The molecule has 0 saturated carbocycles. The highest BCUT2D eigenvalue weighted by Gasteiger charge is 2.19. The Labute approximate surface area is 465 Å². The van der Waals surface area contributed by atoms with Gasteiger partial charge >= 0.3 is 17.9 Å². The Bertz CT molecular complexity index is 1430. The van der Waals surface area contributed by atoms with E-state index in [2.05, 4.69) is 106 Å². The number of hydrogen-bond donors (Lipinski definition) is 0. The maximum absolute atomic E-state index is 12.9. The van der Waals surface area contributed by atoms with Gasteiger partial charge in [0.15, 0.2) is 6.10 Å². The average Bonchev–Trinajstić information content (AvgIpc) is 3.41. The number of allylic oxidation sites excluding steroid dienone is 14. The largest absolute Gasteiger partial charge is 0.462 e. The number of rotatable bonds is 58. The summed E-state index contributed by atoms with van der Waals surface area (Å²) in [5, 5.41) is 0. The van der Waals surface area contributed by atoms with E-state index in [0.717, 1.165) is 116 Å². The molecule has 0 aromatic rings. The smallest absolute Gasteiger partial charge is 0.306 e. The van der Waals surface area contributed by atoms with Crippen LogP contribution in [0.25, 0.3) is 0 Å². The van der Waals surface area contributed by atoms with E-state index in [0.29, 0.717) is 19.3 Å². The average molecular weight is 1050 g/mol. The molecular weight excluding hydrogens is 925 g/mol. The predicted molar refractivity (Wildman–Crippen MR) is 325 cm³/mol. The van der Waals surface area contributed by atoms with Gasteiger partial charge < -0.3 is 14.2 Å². The molecule has 0 aliphatic rings. The highest BCUT2D eigenvalue weighted by molar-refractivity contribution is 5.71. The van der Waals surface area contributed by atoms with Gasteiger partial charge in [-0.05, 0) is 96.3 Å². The summed E-state index contributed by atoms with van der Waals surface area (Å²) in [4.78, 5) is 38.4. The number of unbranched alkanes of at least 4 members (excludes halogenated alkanes) is 33.